The number of nitrogens with one attached hydrogen (secondary N) is 1. The second-order valence-electron chi connectivity index (χ2n) is 7.31. The average molecular weight is 406 g/mol. The van der Waals surface area contributed by atoms with Gasteiger partial charge in [-0.2, -0.15) is 0 Å². The van der Waals surface area contributed by atoms with Gasteiger partial charge in [-0.05, 0) is 58.1 Å². The van der Waals surface area contributed by atoms with Gasteiger partial charge in [0.25, 0.3) is 0 Å². The van der Waals surface area contributed by atoms with Gasteiger partial charge >= 0.3 is 11.9 Å². The summed E-state index contributed by atoms with van der Waals surface area (Å²) < 4.78 is 10.1. The summed E-state index contributed by atoms with van der Waals surface area (Å²) in [7, 11) is 0. The molecule has 0 amide bonds. The molecule has 164 valence electrons. The Morgan fingerprint density at radius 1 is 0.862 bits per heavy atom. The Kier molecular flexibility index (Phi) is 14.8. The summed E-state index contributed by atoms with van der Waals surface area (Å²) in [5.41, 5.74) is 1.38. The molecule has 0 aliphatic rings. The van der Waals surface area contributed by atoms with Crippen LogP contribution < -0.4 is 5.32 Å². The zero-order valence-corrected chi connectivity index (χ0v) is 18.3. The molecule has 0 saturated carbocycles. The maximum atomic E-state index is 12.2. The van der Waals surface area contributed by atoms with E-state index < -0.39 is 0 Å². The van der Waals surface area contributed by atoms with Crippen LogP contribution in [0.4, 0.5) is 0 Å². The lowest BCUT2D eigenvalue weighted by Crippen LogP contribution is -2.38. The zero-order valence-electron chi connectivity index (χ0n) is 18.3. The third-order valence-corrected chi connectivity index (χ3v) is 4.88. The minimum atomic E-state index is -0.228. The summed E-state index contributed by atoms with van der Waals surface area (Å²) >= 11 is 0. The first-order valence-electron chi connectivity index (χ1n) is 11.3. The van der Waals surface area contributed by atoms with Crippen molar-refractivity contribution in [2.45, 2.75) is 84.1 Å². The number of ether oxygens (including phenoxy) is 2. The van der Waals surface area contributed by atoms with Crippen molar-refractivity contribution >= 4 is 11.9 Å². The highest BCUT2D eigenvalue weighted by Gasteiger charge is 2.18. The molecule has 0 aliphatic heterocycles. The summed E-state index contributed by atoms with van der Waals surface area (Å²) in [6.07, 6.45) is 9.52. The number of esters is 2. The van der Waals surface area contributed by atoms with Gasteiger partial charge in [-0.15, -0.1) is 0 Å². The first-order chi connectivity index (χ1) is 14.2. The molecule has 1 aromatic rings. The number of carbonyl (C=O) groups is 2. The van der Waals surface area contributed by atoms with Gasteiger partial charge in [-0.1, -0.05) is 56.0 Å². The number of unbranched alkanes of at least 4 members (excludes halogenated alkanes) is 5. The van der Waals surface area contributed by atoms with Crippen LogP contribution in [0, 0.1) is 0 Å². The van der Waals surface area contributed by atoms with E-state index in [-0.39, 0.29) is 18.0 Å². The molecule has 1 unspecified atom stereocenters. The van der Waals surface area contributed by atoms with Crippen molar-refractivity contribution in [2.75, 3.05) is 19.8 Å². The van der Waals surface area contributed by atoms with Crippen LogP contribution >= 0.6 is 0 Å². The third-order valence-electron chi connectivity index (χ3n) is 4.88. The molecule has 1 rings (SSSR count). The van der Waals surface area contributed by atoms with Gasteiger partial charge in [0.15, 0.2) is 0 Å². The smallest absolute Gasteiger partial charge is 0.323 e. The van der Waals surface area contributed by atoms with Crippen LogP contribution in [-0.4, -0.2) is 37.7 Å². The van der Waals surface area contributed by atoms with E-state index in [0.29, 0.717) is 19.6 Å². The van der Waals surface area contributed by atoms with Gasteiger partial charge in [0, 0.05) is 6.42 Å². The van der Waals surface area contributed by atoms with Crippen LogP contribution in [-0.2, 0) is 25.5 Å². The maximum absolute atomic E-state index is 12.2. The van der Waals surface area contributed by atoms with E-state index in [1.165, 1.54) is 5.56 Å². The first-order valence-corrected chi connectivity index (χ1v) is 11.3. The quantitative estimate of drug-likeness (QED) is 0.297. The Bertz CT molecular complexity index is 547. The van der Waals surface area contributed by atoms with Crippen molar-refractivity contribution in [2.24, 2.45) is 0 Å². The molecule has 0 spiro atoms. The van der Waals surface area contributed by atoms with Gasteiger partial charge in [0.05, 0.1) is 13.2 Å². The van der Waals surface area contributed by atoms with Gasteiger partial charge in [-0.25, -0.2) is 0 Å². The molecule has 1 aromatic carbocycles. The second kappa shape index (κ2) is 17.0. The van der Waals surface area contributed by atoms with Crippen molar-refractivity contribution in [1.29, 1.82) is 0 Å². The highest BCUT2D eigenvalue weighted by molar-refractivity contribution is 5.75. The molecule has 5 nitrogen and oxygen atoms in total. The number of carbonyl (C=O) groups excluding carboxylic acids is 2. The predicted molar refractivity (Wildman–Crippen MR) is 117 cm³/mol. The van der Waals surface area contributed by atoms with Crippen LogP contribution in [0.3, 0.4) is 0 Å². The molecule has 0 radical (unpaired) electrons. The van der Waals surface area contributed by atoms with Gasteiger partial charge in [0.1, 0.15) is 6.04 Å². The Hall–Kier alpha value is -1.88. The Morgan fingerprint density at radius 3 is 2.28 bits per heavy atom. The second-order valence-corrected chi connectivity index (χ2v) is 7.31. The fourth-order valence-corrected chi connectivity index (χ4v) is 3.30. The highest BCUT2D eigenvalue weighted by atomic mass is 16.5. The highest BCUT2D eigenvalue weighted by Crippen LogP contribution is 2.10. The molecule has 29 heavy (non-hydrogen) atoms. The molecule has 5 heteroatoms. The van der Waals surface area contributed by atoms with Crippen LogP contribution in [0.2, 0.25) is 0 Å². The van der Waals surface area contributed by atoms with Gasteiger partial charge < -0.3 is 14.8 Å². The molecule has 0 fully saturated rings. The molecular weight excluding hydrogens is 366 g/mol. The summed E-state index contributed by atoms with van der Waals surface area (Å²) in [5.74, 6) is -0.269. The molecule has 1 atom stereocenters. The van der Waals surface area contributed by atoms with E-state index in [0.717, 1.165) is 64.3 Å². The first kappa shape index (κ1) is 25.2. The number of rotatable bonds is 17. The largest absolute Gasteiger partial charge is 0.466 e. The normalized spacial score (nSPS) is 11.8. The molecule has 0 aliphatic carbocycles. The molecule has 1 N–H and O–H groups in total. The standard InChI is InChI=1S/C24H39NO4/c1-3-28-23(26)19-13-6-5-12-18-22(24(27)29-4-2)25-20-14-8-11-17-21-15-9-7-10-16-21/h7,9-10,15-16,22,25H,3-6,8,11-14,17-20H2,1-2H3. The van der Waals surface area contributed by atoms with Crippen LogP contribution in [0.15, 0.2) is 30.3 Å². The van der Waals surface area contributed by atoms with Gasteiger partial charge in [0.2, 0.25) is 0 Å². The third kappa shape index (κ3) is 13.1. The van der Waals surface area contributed by atoms with E-state index >= 15 is 0 Å². The van der Waals surface area contributed by atoms with E-state index in [1.54, 1.807) is 0 Å². The van der Waals surface area contributed by atoms with Gasteiger partial charge in [-0.3, -0.25) is 9.59 Å². The van der Waals surface area contributed by atoms with Crippen molar-refractivity contribution in [3.63, 3.8) is 0 Å². The average Bonchev–Trinajstić information content (AvgIpc) is 2.72. The number of hydrogen-bond acceptors (Lipinski definition) is 5. The molecule has 0 saturated heterocycles. The molecular formula is C24H39NO4. The molecule has 0 heterocycles. The number of aryl methyl sites for hydroxylation is 1. The van der Waals surface area contributed by atoms with Crippen molar-refractivity contribution in [3.05, 3.63) is 35.9 Å². The Morgan fingerprint density at radius 2 is 1.55 bits per heavy atom. The van der Waals surface area contributed by atoms with Crippen molar-refractivity contribution < 1.29 is 19.1 Å². The maximum Gasteiger partial charge on any atom is 0.323 e. The lowest BCUT2D eigenvalue weighted by atomic mass is 10.1. The van der Waals surface area contributed by atoms with E-state index in [9.17, 15) is 9.59 Å². The lowest BCUT2D eigenvalue weighted by Gasteiger charge is -2.17. The predicted octanol–water partition coefficient (Wildman–Crippen LogP) is 4.82. The molecule has 0 bridgehead atoms. The van der Waals surface area contributed by atoms with Crippen LogP contribution in [0.5, 0.6) is 0 Å². The minimum Gasteiger partial charge on any atom is -0.466 e. The lowest BCUT2D eigenvalue weighted by molar-refractivity contribution is -0.146. The van der Waals surface area contributed by atoms with Crippen LogP contribution in [0.1, 0.15) is 77.2 Å². The summed E-state index contributed by atoms with van der Waals surface area (Å²) in [6, 6.07) is 10.3. The monoisotopic (exact) mass is 405 g/mol. The summed E-state index contributed by atoms with van der Waals surface area (Å²) in [6.45, 7) is 5.35. The summed E-state index contributed by atoms with van der Waals surface area (Å²) in [5, 5.41) is 3.38. The number of hydrogen-bond donors (Lipinski definition) is 1. The Balaban J connectivity index is 2.15. The van der Waals surface area contributed by atoms with E-state index in [4.69, 9.17) is 9.47 Å². The van der Waals surface area contributed by atoms with Crippen LogP contribution in [0.25, 0.3) is 0 Å². The zero-order chi connectivity index (χ0) is 21.2. The number of benzene rings is 1. The fourth-order valence-electron chi connectivity index (χ4n) is 3.30. The van der Waals surface area contributed by atoms with Crippen molar-refractivity contribution in [1.82, 2.24) is 5.32 Å². The molecule has 0 aromatic heterocycles. The minimum absolute atomic E-state index is 0.120. The fraction of sp³-hybridized carbons (Fsp3) is 0.667. The van der Waals surface area contributed by atoms with Crippen molar-refractivity contribution in [3.8, 4) is 0 Å². The topological polar surface area (TPSA) is 64.6 Å². The van der Waals surface area contributed by atoms with E-state index in [2.05, 4.69) is 29.6 Å². The van der Waals surface area contributed by atoms with E-state index in [1.807, 2.05) is 19.9 Å². The SMILES string of the molecule is CCOC(=O)CCCCCCC(NCCCCCc1ccccc1)C(=O)OCC. The Labute approximate surface area is 176 Å². The summed E-state index contributed by atoms with van der Waals surface area (Å²) in [4.78, 5) is 23.5.